The van der Waals surface area contributed by atoms with Crippen LogP contribution in [0.4, 0.5) is 5.69 Å². The molecule has 0 heterocycles. The molecule has 0 aliphatic heterocycles. The van der Waals surface area contributed by atoms with Crippen LogP contribution in [0.3, 0.4) is 0 Å². The van der Waals surface area contributed by atoms with E-state index in [1.807, 2.05) is 17.0 Å². The molecule has 1 aromatic rings. The Balaban J connectivity index is 2.64. The maximum absolute atomic E-state index is 14.1. The van der Waals surface area contributed by atoms with E-state index in [4.69, 9.17) is 34.5 Å². The third-order valence-corrected chi connectivity index (χ3v) is 11.5. The number of carboxylic acid groups (broad SMARTS) is 1. The highest BCUT2D eigenvalue weighted by molar-refractivity contribution is 5.91. The number of amides is 2. The maximum atomic E-state index is 14.1. The van der Waals surface area contributed by atoms with Crippen molar-refractivity contribution in [1.82, 2.24) is 20.0 Å². The van der Waals surface area contributed by atoms with E-state index in [9.17, 15) is 38.4 Å². The van der Waals surface area contributed by atoms with Gasteiger partial charge >= 0.3 is 35.8 Å². The second kappa shape index (κ2) is 30.1. The number of hydrogen-bond acceptors (Lipinski definition) is 17. The zero-order valence-electron chi connectivity index (χ0n) is 48.5. The summed E-state index contributed by atoms with van der Waals surface area (Å²) in [5, 5.41) is 14.6. The van der Waals surface area contributed by atoms with Crippen molar-refractivity contribution in [3.8, 4) is 0 Å². The average Bonchev–Trinajstić information content (AvgIpc) is 3.22. The van der Waals surface area contributed by atoms with Crippen LogP contribution in [0.1, 0.15) is 174 Å². The fraction of sp³-hybridized carbons (Fsp3) is 0.750. The Kier molecular flexibility index (Phi) is 26.5. The van der Waals surface area contributed by atoms with Crippen molar-refractivity contribution in [2.45, 2.75) is 227 Å². The number of nitrogens with zero attached hydrogens (tertiary/aromatic N) is 3. The van der Waals surface area contributed by atoms with Crippen LogP contribution in [0, 0.1) is 0 Å². The van der Waals surface area contributed by atoms with Gasteiger partial charge in [0.25, 0.3) is 0 Å². The summed E-state index contributed by atoms with van der Waals surface area (Å²) >= 11 is 0. The van der Waals surface area contributed by atoms with E-state index in [0.29, 0.717) is 50.8 Å². The quantitative estimate of drug-likeness (QED) is 0.0406. The predicted molar refractivity (Wildman–Crippen MR) is 289 cm³/mol. The normalized spacial score (nSPS) is 16.4. The third-order valence-electron chi connectivity index (χ3n) is 11.5. The molecule has 76 heavy (non-hydrogen) atoms. The number of benzene rings is 1. The van der Waals surface area contributed by atoms with Crippen LogP contribution in [0.5, 0.6) is 0 Å². The summed E-state index contributed by atoms with van der Waals surface area (Å²) < 4.78 is 29.1. The monoisotopic (exact) mass is 1070 g/mol. The number of rotatable bonds is 28. The summed E-state index contributed by atoms with van der Waals surface area (Å²) in [5.41, 5.74) is 2.61. The Morgan fingerprint density at radius 2 is 0.961 bits per heavy atom. The molecule has 20 heteroatoms. The molecule has 0 aromatic heterocycles. The van der Waals surface area contributed by atoms with Crippen LogP contribution < -0.4 is 16.4 Å². The van der Waals surface area contributed by atoms with Gasteiger partial charge in [0.1, 0.15) is 34.0 Å². The minimum Gasteiger partial charge on any atom is -0.480 e. The first kappa shape index (κ1) is 66.9. The van der Waals surface area contributed by atoms with Gasteiger partial charge in [0.05, 0.1) is 32.7 Å². The third kappa shape index (κ3) is 29.9. The van der Waals surface area contributed by atoms with Crippen molar-refractivity contribution in [1.29, 1.82) is 0 Å². The van der Waals surface area contributed by atoms with E-state index in [1.54, 1.807) is 126 Å². The first-order valence-electron chi connectivity index (χ1n) is 26.8. The molecular formula is C56H94N6O14. The predicted octanol–water partition coefficient (Wildman–Crippen LogP) is 6.33. The molecule has 432 valence electrons. The van der Waals surface area contributed by atoms with Crippen molar-refractivity contribution in [2.24, 2.45) is 5.73 Å². The molecule has 0 spiro atoms. The van der Waals surface area contributed by atoms with Crippen molar-refractivity contribution < 1.29 is 67.1 Å². The van der Waals surface area contributed by atoms with Gasteiger partial charge < -0.3 is 45.2 Å². The van der Waals surface area contributed by atoms with E-state index < -0.39 is 88.0 Å². The van der Waals surface area contributed by atoms with E-state index in [2.05, 4.69) is 10.6 Å². The largest absolute Gasteiger partial charge is 0.480 e. The van der Waals surface area contributed by atoms with E-state index >= 15 is 0 Å². The zero-order valence-corrected chi connectivity index (χ0v) is 48.5. The first-order chi connectivity index (χ1) is 34.9. The maximum Gasteiger partial charge on any atom is 0.320 e. The fourth-order valence-corrected chi connectivity index (χ4v) is 8.70. The fourth-order valence-electron chi connectivity index (χ4n) is 8.70. The Morgan fingerprint density at radius 1 is 0.566 bits per heavy atom. The number of ether oxygens (including phenoxy) is 5. The van der Waals surface area contributed by atoms with Gasteiger partial charge in [-0.1, -0.05) is 25.0 Å². The van der Waals surface area contributed by atoms with E-state index in [-0.39, 0.29) is 70.3 Å². The highest BCUT2D eigenvalue weighted by atomic mass is 16.6. The summed E-state index contributed by atoms with van der Waals surface area (Å²) in [5.74, 6) is -4.36. The molecule has 1 saturated carbocycles. The Bertz CT molecular complexity index is 2000. The number of aliphatic carboxylic acids is 1. The number of esters is 5. The number of nitrogens with two attached hydrogens (primary N) is 1. The highest BCUT2D eigenvalue weighted by Gasteiger charge is 2.40. The lowest BCUT2D eigenvalue weighted by atomic mass is 9.87. The Labute approximate surface area is 452 Å². The minimum absolute atomic E-state index is 0.0810. The lowest BCUT2D eigenvalue weighted by Gasteiger charge is -2.46. The van der Waals surface area contributed by atoms with Gasteiger partial charge in [-0.3, -0.25) is 53.1 Å². The minimum atomic E-state index is -1.06. The molecule has 1 aromatic carbocycles. The summed E-state index contributed by atoms with van der Waals surface area (Å²) in [6, 6.07) is 4.56. The lowest BCUT2D eigenvalue weighted by Crippen LogP contribution is -2.60. The molecule has 2 rings (SSSR count). The smallest absolute Gasteiger partial charge is 0.320 e. The SMILES string of the molecule is CC(C)(C)OC(=O)CN(CC(=O)OC(C)(C)C)[C@H](Cc1ccc(NC(=O)CCCC(=O)NCCCCC(N)C(=O)O)cc1)CN(CC(=O)OC(C)(C)C)[C@H]1CCCC[C@@H]1N(CC(=O)OC(C)(C)C)CC(=O)OC(C)(C)C. The number of anilines is 1. The standard InChI is InChI=1S/C56H94N6O14/c1-52(2,3)72-46(65)33-60(34-47(66)73-53(4,5)6)40(31-38-26-28-39(29-27-38)59-45(64)25-20-24-44(63)58-30-19-18-21-41(57)51(70)71)32-61(35-48(67)74-54(7,8)9)42-22-16-17-23-43(42)62(36-49(68)75-55(10,11)12)37-50(69)76-56(13,14)15/h26-29,40-43H,16-25,30-37,57H2,1-15H3,(H,58,63)(H,59,64)(H,70,71)/t40-,41?,42+,43+/m1/s1. The molecule has 4 atom stereocenters. The van der Waals surface area contributed by atoms with Gasteiger partial charge in [-0.05, 0) is 166 Å². The molecule has 0 bridgehead atoms. The van der Waals surface area contributed by atoms with Gasteiger partial charge in [0.2, 0.25) is 11.8 Å². The van der Waals surface area contributed by atoms with Crippen LogP contribution in [0.2, 0.25) is 0 Å². The van der Waals surface area contributed by atoms with Crippen molar-refractivity contribution in [2.75, 3.05) is 51.1 Å². The lowest BCUT2D eigenvalue weighted by molar-refractivity contribution is -0.164. The van der Waals surface area contributed by atoms with Gasteiger partial charge in [0.15, 0.2) is 0 Å². The second-order valence-corrected chi connectivity index (χ2v) is 24.8. The summed E-state index contributed by atoms with van der Waals surface area (Å²) in [6.07, 6.45) is 4.81. The molecular weight excluding hydrogens is 981 g/mol. The van der Waals surface area contributed by atoms with E-state index in [0.717, 1.165) is 18.4 Å². The zero-order chi connectivity index (χ0) is 57.8. The Hall–Kier alpha value is -5.18. The molecule has 0 radical (unpaired) electrons. The van der Waals surface area contributed by atoms with Crippen LogP contribution in [-0.4, -0.2) is 165 Å². The number of unbranched alkanes of at least 4 members (excludes halogenated alkanes) is 1. The van der Waals surface area contributed by atoms with E-state index in [1.165, 1.54) is 0 Å². The van der Waals surface area contributed by atoms with Crippen LogP contribution in [0.25, 0.3) is 0 Å². The topological polar surface area (TPSA) is 263 Å². The summed E-state index contributed by atoms with van der Waals surface area (Å²) in [6.45, 7) is 25.5. The summed E-state index contributed by atoms with van der Waals surface area (Å²) in [4.78, 5) is 111. The number of hydrogen-bond donors (Lipinski definition) is 4. The average molecular weight is 1080 g/mol. The van der Waals surface area contributed by atoms with Crippen molar-refractivity contribution >= 4 is 53.3 Å². The van der Waals surface area contributed by atoms with Gasteiger partial charge in [-0.15, -0.1) is 0 Å². The van der Waals surface area contributed by atoms with Crippen molar-refractivity contribution in [3.05, 3.63) is 29.8 Å². The van der Waals surface area contributed by atoms with Crippen molar-refractivity contribution in [3.63, 3.8) is 0 Å². The van der Waals surface area contributed by atoms with Crippen LogP contribution >= 0.6 is 0 Å². The molecule has 2 amide bonds. The molecule has 0 saturated heterocycles. The number of carbonyl (C=O) groups excluding carboxylic acids is 7. The number of carboxylic acids is 1. The first-order valence-corrected chi connectivity index (χ1v) is 26.8. The summed E-state index contributed by atoms with van der Waals surface area (Å²) in [7, 11) is 0. The number of nitrogens with one attached hydrogen (secondary N) is 2. The highest BCUT2D eigenvalue weighted by Crippen LogP contribution is 2.30. The van der Waals surface area contributed by atoms with Gasteiger partial charge in [0, 0.05) is 49.7 Å². The molecule has 5 N–H and O–H groups in total. The van der Waals surface area contributed by atoms with Crippen LogP contribution in [0.15, 0.2) is 24.3 Å². The molecule has 1 aliphatic rings. The Morgan fingerprint density at radius 3 is 1.38 bits per heavy atom. The molecule has 20 nitrogen and oxygen atoms in total. The number of carbonyl (C=O) groups is 8. The van der Waals surface area contributed by atoms with Crippen LogP contribution in [-0.2, 0) is 68.5 Å². The molecule has 1 fully saturated rings. The van der Waals surface area contributed by atoms with Gasteiger partial charge in [-0.2, -0.15) is 0 Å². The van der Waals surface area contributed by atoms with Gasteiger partial charge in [-0.25, -0.2) is 0 Å². The molecule has 1 aliphatic carbocycles. The second-order valence-electron chi connectivity index (χ2n) is 24.8. The molecule has 1 unspecified atom stereocenters.